The highest BCUT2D eigenvalue weighted by atomic mass is 35.5. The predicted octanol–water partition coefficient (Wildman–Crippen LogP) is 1.54. The number of nitrogens with two attached hydrogens (primary N) is 1. The first-order chi connectivity index (χ1) is 7.57. The van der Waals surface area contributed by atoms with E-state index in [0.717, 1.165) is 0 Å². The summed E-state index contributed by atoms with van der Waals surface area (Å²) in [6, 6.07) is 1.28. The van der Waals surface area contributed by atoms with Crippen molar-refractivity contribution in [2.45, 2.75) is 19.1 Å². The molecule has 4 nitrogen and oxygen atoms in total. The minimum atomic E-state index is -2.10. The lowest BCUT2D eigenvalue weighted by Crippen LogP contribution is -2.32. The maximum absolute atomic E-state index is 13.4. The van der Waals surface area contributed by atoms with Crippen molar-refractivity contribution in [3.8, 4) is 0 Å². The fourth-order valence-electron chi connectivity index (χ4n) is 1.17. The van der Waals surface area contributed by atoms with Gasteiger partial charge in [0.2, 0.25) is 12.1 Å². The average molecular weight is 267 g/mol. The second kappa shape index (κ2) is 7.13. The van der Waals surface area contributed by atoms with E-state index < -0.39 is 24.1 Å². The second-order valence-electron chi connectivity index (χ2n) is 3.06. The fraction of sp³-hybridized carbons (Fsp3) is 0.400. The zero-order valence-electron chi connectivity index (χ0n) is 9.10. The lowest BCUT2D eigenvalue weighted by molar-refractivity contribution is -0.149. The predicted molar refractivity (Wildman–Crippen MR) is 59.9 cm³/mol. The van der Waals surface area contributed by atoms with Gasteiger partial charge in [-0.2, -0.15) is 4.39 Å². The number of aromatic nitrogens is 1. The number of rotatable bonds is 4. The van der Waals surface area contributed by atoms with E-state index in [9.17, 15) is 13.6 Å². The number of carbonyl (C=O) groups is 1. The summed E-state index contributed by atoms with van der Waals surface area (Å²) in [6.45, 7) is 1.59. The van der Waals surface area contributed by atoms with Crippen molar-refractivity contribution >= 4 is 18.4 Å². The average Bonchev–Trinajstić information content (AvgIpc) is 2.28. The zero-order chi connectivity index (χ0) is 12.1. The number of alkyl halides is 1. The Morgan fingerprint density at radius 3 is 2.82 bits per heavy atom. The van der Waals surface area contributed by atoms with Gasteiger partial charge in [0.15, 0.2) is 0 Å². The summed E-state index contributed by atoms with van der Waals surface area (Å²) in [5.41, 5.74) is 5.26. The molecular formula is C10H13ClF2N2O2. The van der Waals surface area contributed by atoms with Crippen LogP contribution >= 0.6 is 12.4 Å². The number of esters is 1. The fourth-order valence-corrected chi connectivity index (χ4v) is 1.17. The van der Waals surface area contributed by atoms with Crippen LogP contribution in [-0.2, 0) is 9.53 Å². The SMILES string of the molecule is CCOC(=O)C(F)[C@@H](N)c1cccnc1F.Cl. The molecule has 2 N–H and O–H groups in total. The van der Waals surface area contributed by atoms with Gasteiger partial charge in [-0.3, -0.25) is 0 Å². The Morgan fingerprint density at radius 2 is 2.29 bits per heavy atom. The van der Waals surface area contributed by atoms with Gasteiger partial charge in [0.1, 0.15) is 0 Å². The number of ether oxygens (including phenoxy) is 1. The maximum Gasteiger partial charge on any atom is 0.342 e. The minimum Gasteiger partial charge on any atom is -0.464 e. The molecule has 0 bridgehead atoms. The Kier molecular flexibility index (Phi) is 6.60. The molecule has 0 aliphatic heterocycles. The van der Waals surface area contributed by atoms with E-state index in [1.807, 2.05) is 0 Å². The van der Waals surface area contributed by atoms with E-state index in [4.69, 9.17) is 5.73 Å². The summed E-state index contributed by atoms with van der Waals surface area (Å²) < 4.78 is 31.0. The molecule has 1 aromatic heterocycles. The lowest BCUT2D eigenvalue weighted by atomic mass is 10.1. The highest BCUT2D eigenvalue weighted by Crippen LogP contribution is 2.19. The van der Waals surface area contributed by atoms with E-state index in [0.29, 0.717) is 0 Å². The van der Waals surface area contributed by atoms with Gasteiger partial charge in [-0.25, -0.2) is 14.2 Å². The van der Waals surface area contributed by atoms with Crippen molar-refractivity contribution < 1.29 is 18.3 Å². The van der Waals surface area contributed by atoms with Crippen LogP contribution in [0.4, 0.5) is 8.78 Å². The van der Waals surface area contributed by atoms with Crippen LogP contribution in [-0.4, -0.2) is 23.7 Å². The van der Waals surface area contributed by atoms with E-state index >= 15 is 0 Å². The smallest absolute Gasteiger partial charge is 0.342 e. The number of nitrogens with zero attached hydrogens (tertiary/aromatic N) is 1. The first kappa shape index (κ1) is 15.7. The molecule has 0 fully saturated rings. The second-order valence-corrected chi connectivity index (χ2v) is 3.06. The molecule has 2 atom stereocenters. The van der Waals surface area contributed by atoms with E-state index in [2.05, 4.69) is 9.72 Å². The van der Waals surface area contributed by atoms with Crippen LogP contribution in [0.25, 0.3) is 0 Å². The zero-order valence-corrected chi connectivity index (χ0v) is 9.92. The third-order valence-electron chi connectivity index (χ3n) is 1.97. The summed E-state index contributed by atoms with van der Waals surface area (Å²) in [7, 11) is 0. The van der Waals surface area contributed by atoms with Crippen molar-refractivity contribution in [1.29, 1.82) is 0 Å². The Hall–Kier alpha value is -1.27. The minimum absolute atomic E-state index is 0. The molecule has 0 aliphatic carbocycles. The molecule has 17 heavy (non-hydrogen) atoms. The molecule has 0 spiro atoms. The van der Waals surface area contributed by atoms with Crippen LogP contribution in [0.15, 0.2) is 18.3 Å². The van der Waals surface area contributed by atoms with Crippen LogP contribution in [0.1, 0.15) is 18.5 Å². The van der Waals surface area contributed by atoms with Gasteiger partial charge in [0.05, 0.1) is 12.6 Å². The molecule has 1 aromatic rings. The topological polar surface area (TPSA) is 65.2 Å². The van der Waals surface area contributed by atoms with Gasteiger partial charge in [-0.15, -0.1) is 12.4 Å². The van der Waals surface area contributed by atoms with Crippen LogP contribution in [0, 0.1) is 5.95 Å². The van der Waals surface area contributed by atoms with Crippen molar-refractivity contribution in [3.05, 3.63) is 29.8 Å². The number of hydrogen-bond acceptors (Lipinski definition) is 4. The van der Waals surface area contributed by atoms with Crippen molar-refractivity contribution in [1.82, 2.24) is 4.98 Å². The number of hydrogen-bond donors (Lipinski definition) is 1. The summed E-state index contributed by atoms with van der Waals surface area (Å²) in [6.07, 6.45) is -0.887. The first-order valence-electron chi connectivity index (χ1n) is 4.74. The number of halogens is 3. The highest BCUT2D eigenvalue weighted by Gasteiger charge is 2.29. The van der Waals surface area contributed by atoms with Gasteiger partial charge in [0.25, 0.3) is 0 Å². The van der Waals surface area contributed by atoms with Crippen molar-refractivity contribution in [3.63, 3.8) is 0 Å². The lowest BCUT2D eigenvalue weighted by Gasteiger charge is -2.15. The number of carbonyl (C=O) groups excluding carboxylic acids is 1. The van der Waals surface area contributed by atoms with Crippen LogP contribution < -0.4 is 5.73 Å². The van der Waals surface area contributed by atoms with Crippen LogP contribution in [0.5, 0.6) is 0 Å². The highest BCUT2D eigenvalue weighted by molar-refractivity contribution is 5.85. The Balaban J connectivity index is 0.00000256. The van der Waals surface area contributed by atoms with Gasteiger partial charge in [0, 0.05) is 11.8 Å². The molecule has 0 aromatic carbocycles. The third-order valence-corrected chi connectivity index (χ3v) is 1.97. The molecule has 0 aliphatic rings. The largest absolute Gasteiger partial charge is 0.464 e. The molecule has 96 valence electrons. The summed E-state index contributed by atoms with van der Waals surface area (Å²) in [5, 5.41) is 0. The molecule has 7 heteroatoms. The molecule has 0 saturated carbocycles. The summed E-state index contributed by atoms with van der Waals surface area (Å²) in [4.78, 5) is 14.4. The van der Waals surface area contributed by atoms with E-state index in [1.54, 1.807) is 6.92 Å². The number of pyridine rings is 1. The molecule has 0 amide bonds. The standard InChI is InChI=1S/C10H12F2N2O2.ClH/c1-2-16-10(15)7(11)8(13)6-4-3-5-14-9(6)12;/h3-5,7-8H,2,13H2,1H3;1H/t7?,8-;/m0./s1. The Bertz CT molecular complexity index is 379. The normalized spacial score (nSPS) is 13.4. The monoisotopic (exact) mass is 266 g/mol. The van der Waals surface area contributed by atoms with Gasteiger partial charge >= 0.3 is 5.97 Å². The van der Waals surface area contributed by atoms with Gasteiger partial charge in [-0.05, 0) is 13.0 Å². The summed E-state index contributed by atoms with van der Waals surface area (Å²) in [5.74, 6) is -1.99. The van der Waals surface area contributed by atoms with E-state index in [1.165, 1.54) is 18.3 Å². The third kappa shape index (κ3) is 3.90. The Morgan fingerprint density at radius 1 is 1.65 bits per heavy atom. The molecule has 0 saturated heterocycles. The first-order valence-corrected chi connectivity index (χ1v) is 4.74. The van der Waals surface area contributed by atoms with Gasteiger partial charge in [-0.1, -0.05) is 6.07 Å². The quantitative estimate of drug-likeness (QED) is 0.663. The maximum atomic E-state index is 13.4. The van der Waals surface area contributed by atoms with Crippen LogP contribution in [0.3, 0.4) is 0 Å². The Labute approximate surface area is 104 Å². The van der Waals surface area contributed by atoms with Crippen LogP contribution in [0.2, 0.25) is 0 Å². The molecule has 1 unspecified atom stereocenters. The van der Waals surface area contributed by atoms with Crippen molar-refractivity contribution in [2.75, 3.05) is 6.61 Å². The molecule has 1 rings (SSSR count). The molecule has 1 heterocycles. The molecule has 0 radical (unpaired) electrons. The van der Waals surface area contributed by atoms with Crippen molar-refractivity contribution in [2.24, 2.45) is 5.73 Å². The summed E-state index contributed by atoms with van der Waals surface area (Å²) >= 11 is 0. The van der Waals surface area contributed by atoms with E-state index in [-0.39, 0.29) is 24.6 Å². The molecular weight excluding hydrogens is 254 g/mol. The van der Waals surface area contributed by atoms with Gasteiger partial charge < -0.3 is 10.5 Å².